The number of rotatable bonds is 3. The van der Waals surface area contributed by atoms with Gasteiger partial charge in [-0.05, 0) is 22.5 Å². The number of hydrogen-bond acceptors (Lipinski definition) is 2. The van der Waals surface area contributed by atoms with E-state index in [2.05, 4.69) is 26.4 Å². The van der Waals surface area contributed by atoms with Crippen molar-refractivity contribution in [2.75, 3.05) is 0 Å². The predicted octanol–water partition coefficient (Wildman–Crippen LogP) is 1.56. The Balaban J connectivity index is 0. The highest BCUT2D eigenvalue weighted by Gasteiger charge is 1.99. The summed E-state index contributed by atoms with van der Waals surface area (Å²) in [5, 5.41) is 5.04. The van der Waals surface area contributed by atoms with E-state index >= 15 is 0 Å². The fourth-order valence-electron chi connectivity index (χ4n) is 0.312. The summed E-state index contributed by atoms with van der Waals surface area (Å²) in [6.45, 7) is 9.26. The van der Waals surface area contributed by atoms with Gasteiger partial charge in [-0.1, -0.05) is 26.5 Å². The van der Waals surface area contributed by atoms with Gasteiger partial charge in [0, 0.05) is 0 Å². The van der Waals surface area contributed by atoms with Gasteiger partial charge in [-0.3, -0.25) is 4.79 Å². The highest BCUT2D eigenvalue weighted by molar-refractivity contribution is 7.14. The molecule has 0 saturated carbocycles. The van der Waals surface area contributed by atoms with Gasteiger partial charge >= 0.3 is 0 Å². The van der Waals surface area contributed by atoms with Gasteiger partial charge in [0.15, 0.2) is 0 Å². The van der Waals surface area contributed by atoms with Gasteiger partial charge in [-0.2, -0.15) is 0 Å². The smallest absolute Gasteiger partial charge is 0.270 e. The summed E-state index contributed by atoms with van der Waals surface area (Å²) < 4.78 is 0. The van der Waals surface area contributed by atoms with Crippen LogP contribution in [0.2, 0.25) is 0 Å². The van der Waals surface area contributed by atoms with Crippen LogP contribution in [-0.4, -0.2) is 5.91 Å². The lowest BCUT2D eigenvalue weighted by Crippen LogP contribution is -2.22. The second kappa shape index (κ2) is 10.2. The molecule has 1 unspecified atom stereocenters. The maximum absolute atomic E-state index is 10.8. The normalized spacial score (nSPS) is 8.33. The zero-order valence-corrected chi connectivity index (χ0v) is 9.00. The summed E-state index contributed by atoms with van der Waals surface area (Å²) in [4.78, 5) is 10.8. The van der Waals surface area contributed by atoms with E-state index in [9.17, 15) is 4.79 Å². The van der Waals surface area contributed by atoms with Gasteiger partial charge in [-0.15, -0.1) is 0 Å². The molecule has 1 amide bonds. The van der Waals surface area contributed by atoms with Crippen LogP contribution >= 0.6 is 9.39 Å². The van der Waals surface area contributed by atoms with Gasteiger partial charge in [0.2, 0.25) is 0 Å². The molecule has 0 spiro atoms. The van der Waals surface area contributed by atoms with Crippen molar-refractivity contribution in [3.63, 3.8) is 0 Å². The van der Waals surface area contributed by atoms with Gasteiger partial charge < -0.3 is 10.4 Å². The first kappa shape index (κ1) is 13.7. The Bertz CT molecular complexity index is 166. The summed E-state index contributed by atoms with van der Waals surface area (Å²) in [5.41, 5.74) is 0.322. The van der Waals surface area contributed by atoms with Crippen molar-refractivity contribution in [2.24, 2.45) is 0 Å². The quantitative estimate of drug-likeness (QED) is 0.521. The number of amides is 1. The molecule has 0 aliphatic heterocycles. The van der Waals surface area contributed by atoms with Crippen LogP contribution in [0.1, 0.15) is 20.8 Å². The van der Waals surface area contributed by atoms with Crippen LogP contribution in [0.25, 0.3) is 0 Å². The van der Waals surface area contributed by atoms with Crippen LogP contribution in [0.15, 0.2) is 24.6 Å². The second-order valence-corrected chi connectivity index (χ2v) is 1.89. The standard InChI is InChI=1S/C6H11N2OP.C2H6/c1-3-4-7-6(9)5(2)8-10;1-2/h3-4,8H,2,10H2,1H3,(H,7,9);1-2H3/b4-3-;. The van der Waals surface area contributed by atoms with Gasteiger partial charge in [-0.25, -0.2) is 0 Å². The van der Waals surface area contributed by atoms with E-state index < -0.39 is 0 Å². The van der Waals surface area contributed by atoms with E-state index in [-0.39, 0.29) is 5.91 Å². The molecular weight excluding hydrogens is 171 g/mol. The number of carbonyl (C=O) groups is 1. The summed E-state index contributed by atoms with van der Waals surface area (Å²) in [6.07, 6.45) is 3.28. The Kier molecular flexibility index (Phi) is 11.7. The van der Waals surface area contributed by atoms with Gasteiger partial charge in [0.05, 0.1) is 5.70 Å². The number of hydrogen-bond donors (Lipinski definition) is 2. The maximum atomic E-state index is 10.8. The molecule has 0 fully saturated rings. The van der Waals surface area contributed by atoms with Crippen LogP contribution in [0.4, 0.5) is 0 Å². The topological polar surface area (TPSA) is 41.1 Å². The van der Waals surface area contributed by atoms with Crippen LogP contribution < -0.4 is 10.4 Å². The molecule has 0 radical (unpaired) electrons. The van der Waals surface area contributed by atoms with Crippen molar-refractivity contribution in [3.05, 3.63) is 24.6 Å². The number of carbonyl (C=O) groups excluding carboxylic acids is 1. The van der Waals surface area contributed by atoms with E-state index in [1.165, 1.54) is 0 Å². The zero-order chi connectivity index (χ0) is 9.98. The molecule has 0 heterocycles. The molecule has 0 aromatic carbocycles. The molecule has 0 aromatic rings. The third-order valence-corrected chi connectivity index (χ3v) is 1.18. The number of nitrogens with one attached hydrogen (secondary N) is 2. The first-order valence-corrected chi connectivity index (χ1v) is 4.37. The molecule has 0 aliphatic rings. The highest BCUT2D eigenvalue weighted by Crippen LogP contribution is 1.86. The zero-order valence-electron chi connectivity index (χ0n) is 7.85. The fourth-order valence-corrected chi connectivity index (χ4v) is 0.443. The first-order chi connectivity index (χ1) is 5.72. The molecule has 4 heteroatoms. The minimum atomic E-state index is -0.229. The average molecular weight is 188 g/mol. The molecule has 12 heavy (non-hydrogen) atoms. The van der Waals surface area contributed by atoms with Crippen LogP contribution in [0, 0.1) is 0 Å². The van der Waals surface area contributed by atoms with Crippen molar-refractivity contribution in [1.82, 2.24) is 10.4 Å². The molecule has 3 nitrogen and oxygen atoms in total. The molecule has 0 aliphatic carbocycles. The molecule has 1 atom stereocenters. The summed E-state index contributed by atoms with van der Waals surface area (Å²) in [7, 11) is 2.19. The monoisotopic (exact) mass is 188 g/mol. The average Bonchev–Trinajstić information content (AvgIpc) is 2.16. The Labute approximate surface area is 76.6 Å². The van der Waals surface area contributed by atoms with Crippen LogP contribution in [0.3, 0.4) is 0 Å². The van der Waals surface area contributed by atoms with Crippen molar-refractivity contribution in [1.29, 1.82) is 0 Å². The van der Waals surface area contributed by atoms with Crippen molar-refractivity contribution in [3.8, 4) is 0 Å². The van der Waals surface area contributed by atoms with E-state index in [4.69, 9.17) is 0 Å². The highest BCUT2D eigenvalue weighted by atomic mass is 31.0. The summed E-state index contributed by atoms with van der Waals surface area (Å²) >= 11 is 0. The van der Waals surface area contributed by atoms with E-state index in [0.29, 0.717) is 5.70 Å². The molecule has 0 bridgehead atoms. The second-order valence-electron chi connectivity index (χ2n) is 1.60. The fraction of sp³-hybridized carbons (Fsp3) is 0.375. The van der Waals surface area contributed by atoms with Crippen molar-refractivity contribution >= 4 is 15.3 Å². The largest absolute Gasteiger partial charge is 0.366 e. The number of allylic oxidation sites excluding steroid dienone is 1. The molecule has 0 saturated heterocycles. The molecule has 0 aromatic heterocycles. The van der Waals surface area contributed by atoms with Crippen molar-refractivity contribution in [2.45, 2.75) is 20.8 Å². The van der Waals surface area contributed by atoms with E-state index in [0.717, 1.165) is 0 Å². The van der Waals surface area contributed by atoms with Crippen LogP contribution in [0.5, 0.6) is 0 Å². The molecule has 2 N–H and O–H groups in total. The third kappa shape index (κ3) is 7.29. The Morgan fingerprint density at radius 2 is 2.00 bits per heavy atom. The first-order valence-electron chi connectivity index (χ1n) is 3.80. The summed E-state index contributed by atoms with van der Waals surface area (Å²) in [6, 6.07) is 0. The van der Waals surface area contributed by atoms with Crippen molar-refractivity contribution < 1.29 is 4.79 Å². The predicted molar refractivity (Wildman–Crippen MR) is 56.3 cm³/mol. The van der Waals surface area contributed by atoms with E-state index in [1.54, 1.807) is 12.3 Å². The minimum absolute atomic E-state index is 0.229. The maximum Gasteiger partial charge on any atom is 0.270 e. The van der Waals surface area contributed by atoms with Crippen LogP contribution in [-0.2, 0) is 4.79 Å². The molecular formula is C8H17N2OP. The molecule has 70 valence electrons. The SMILES string of the molecule is C=C(NP)C(=O)N/C=C\C.CC. The van der Waals surface area contributed by atoms with Gasteiger partial charge in [0.1, 0.15) is 0 Å². The lowest BCUT2D eigenvalue weighted by atomic mass is 10.5. The lowest BCUT2D eigenvalue weighted by Gasteiger charge is -2.00. The third-order valence-electron chi connectivity index (χ3n) is 0.829. The lowest BCUT2D eigenvalue weighted by molar-refractivity contribution is -0.116. The molecule has 0 rings (SSSR count). The Morgan fingerprint density at radius 1 is 1.50 bits per heavy atom. The van der Waals surface area contributed by atoms with Gasteiger partial charge in [0.25, 0.3) is 5.91 Å². The van der Waals surface area contributed by atoms with E-state index in [1.807, 2.05) is 20.8 Å². The Morgan fingerprint density at radius 3 is 2.33 bits per heavy atom. The summed E-state index contributed by atoms with van der Waals surface area (Å²) in [5.74, 6) is -0.229. The Hall–Kier alpha value is -0.820. The minimum Gasteiger partial charge on any atom is -0.366 e.